The monoisotopic (exact) mass is 363 g/mol. The summed E-state index contributed by atoms with van der Waals surface area (Å²) in [6.07, 6.45) is 14.9. The molecule has 5 nitrogen and oxygen atoms in total. The van der Waals surface area contributed by atoms with E-state index >= 15 is 0 Å². The summed E-state index contributed by atoms with van der Waals surface area (Å²) < 4.78 is 3.34. The Morgan fingerprint density at radius 3 is 3.00 bits per heavy atom. The molecule has 1 aromatic carbocycles. The minimum atomic E-state index is 0.593. The van der Waals surface area contributed by atoms with Crippen LogP contribution in [0.25, 0.3) is 15.9 Å². The van der Waals surface area contributed by atoms with E-state index in [0.29, 0.717) is 6.04 Å². The van der Waals surface area contributed by atoms with E-state index in [1.807, 2.05) is 12.4 Å². The Morgan fingerprint density at radius 1 is 1.15 bits per heavy atom. The van der Waals surface area contributed by atoms with Crippen LogP contribution in [0.2, 0.25) is 0 Å². The van der Waals surface area contributed by atoms with Crippen molar-refractivity contribution in [3.8, 4) is 0 Å². The molecule has 5 rings (SSSR count). The number of nitrogens with zero attached hydrogens (tertiary/aromatic N) is 4. The number of thiazole rings is 1. The summed E-state index contributed by atoms with van der Waals surface area (Å²) in [6.45, 7) is 0. The molecule has 0 saturated heterocycles. The average Bonchev–Trinajstić information content (AvgIpc) is 3.26. The second-order valence-electron chi connectivity index (χ2n) is 7.03. The Kier molecular flexibility index (Phi) is 4.05. The molecular formula is C20H21N5S. The Bertz CT molecular complexity index is 1040. The molecule has 4 aromatic rings. The van der Waals surface area contributed by atoms with Gasteiger partial charge in [-0.1, -0.05) is 36.7 Å². The zero-order valence-electron chi connectivity index (χ0n) is 14.6. The molecule has 1 N–H and O–H groups in total. The summed E-state index contributed by atoms with van der Waals surface area (Å²) in [5.74, 6) is 0. The minimum Gasteiger partial charge on any atom is -0.359 e. The highest BCUT2D eigenvalue weighted by molar-refractivity contribution is 7.22. The van der Waals surface area contributed by atoms with E-state index in [4.69, 9.17) is 4.98 Å². The van der Waals surface area contributed by atoms with Crippen molar-refractivity contribution in [2.24, 2.45) is 0 Å². The van der Waals surface area contributed by atoms with Crippen LogP contribution in [0.5, 0.6) is 0 Å². The van der Waals surface area contributed by atoms with Crippen molar-refractivity contribution in [1.29, 1.82) is 0 Å². The third-order valence-electron chi connectivity index (χ3n) is 5.16. The fourth-order valence-electron chi connectivity index (χ4n) is 3.80. The van der Waals surface area contributed by atoms with E-state index in [-0.39, 0.29) is 0 Å². The van der Waals surface area contributed by atoms with Crippen LogP contribution in [-0.2, 0) is 6.42 Å². The molecule has 0 bridgehead atoms. The predicted molar refractivity (Wildman–Crippen MR) is 106 cm³/mol. The fraction of sp³-hybridized carbons (Fsp3) is 0.350. The lowest BCUT2D eigenvalue weighted by Gasteiger charge is -2.22. The summed E-state index contributed by atoms with van der Waals surface area (Å²) in [7, 11) is 0. The molecule has 3 aromatic heterocycles. The maximum Gasteiger partial charge on any atom is 0.184 e. The van der Waals surface area contributed by atoms with Gasteiger partial charge < -0.3 is 9.72 Å². The number of fused-ring (bicyclic) bond motifs is 2. The van der Waals surface area contributed by atoms with Crippen LogP contribution in [0.15, 0.2) is 43.0 Å². The lowest BCUT2D eigenvalue weighted by molar-refractivity contribution is 0.462. The van der Waals surface area contributed by atoms with Crippen LogP contribution < -0.4 is 5.32 Å². The molecule has 0 unspecified atom stereocenters. The molecule has 1 saturated carbocycles. The van der Waals surface area contributed by atoms with E-state index in [1.165, 1.54) is 48.1 Å². The van der Waals surface area contributed by atoms with Crippen LogP contribution in [0, 0.1) is 0 Å². The Balaban J connectivity index is 1.39. The van der Waals surface area contributed by atoms with E-state index in [2.05, 4.69) is 37.9 Å². The standard InChI is InChI=1S/C20H21N5S/c1-2-4-15(5-3-1)23-20-24-17-7-6-14(11-18(17)26-20)10-16-12-22-19-13-21-8-9-25(16)19/h6-9,11-13,15H,1-5,10H2,(H,23,24). The number of nitrogens with one attached hydrogen (secondary N) is 1. The number of anilines is 1. The summed E-state index contributed by atoms with van der Waals surface area (Å²) >= 11 is 1.77. The van der Waals surface area contributed by atoms with Crippen molar-refractivity contribution in [3.05, 3.63) is 54.2 Å². The molecule has 0 radical (unpaired) electrons. The van der Waals surface area contributed by atoms with Crippen molar-refractivity contribution in [1.82, 2.24) is 19.4 Å². The van der Waals surface area contributed by atoms with Crippen molar-refractivity contribution in [2.75, 3.05) is 5.32 Å². The highest BCUT2D eigenvalue weighted by Crippen LogP contribution is 2.30. The second kappa shape index (κ2) is 6.68. The molecule has 0 aliphatic heterocycles. The molecule has 0 atom stereocenters. The first-order chi connectivity index (χ1) is 12.8. The SMILES string of the molecule is c1cn2c(Cc3ccc4nc(NC5CCCCC5)sc4c3)cnc2cn1. The van der Waals surface area contributed by atoms with Gasteiger partial charge in [-0.25, -0.2) is 9.97 Å². The Hall–Kier alpha value is -2.47. The maximum absolute atomic E-state index is 4.78. The minimum absolute atomic E-state index is 0.593. The van der Waals surface area contributed by atoms with Gasteiger partial charge >= 0.3 is 0 Å². The van der Waals surface area contributed by atoms with Gasteiger partial charge in [0.25, 0.3) is 0 Å². The van der Waals surface area contributed by atoms with Gasteiger partial charge in [-0.2, -0.15) is 0 Å². The van der Waals surface area contributed by atoms with E-state index in [0.717, 1.165) is 22.7 Å². The zero-order valence-corrected chi connectivity index (χ0v) is 15.4. The van der Waals surface area contributed by atoms with Crippen molar-refractivity contribution >= 4 is 32.3 Å². The topological polar surface area (TPSA) is 55.1 Å². The van der Waals surface area contributed by atoms with Gasteiger partial charge in [-0.3, -0.25) is 4.98 Å². The van der Waals surface area contributed by atoms with Gasteiger partial charge in [0.2, 0.25) is 0 Å². The smallest absolute Gasteiger partial charge is 0.184 e. The van der Waals surface area contributed by atoms with Gasteiger partial charge in [-0.15, -0.1) is 0 Å². The maximum atomic E-state index is 4.78. The Morgan fingerprint density at radius 2 is 2.08 bits per heavy atom. The van der Waals surface area contributed by atoms with Crippen LogP contribution >= 0.6 is 11.3 Å². The van der Waals surface area contributed by atoms with Crippen LogP contribution in [-0.4, -0.2) is 25.4 Å². The fourth-order valence-corrected chi connectivity index (χ4v) is 4.80. The summed E-state index contributed by atoms with van der Waals surface area (Å²) in [4.78, 5) is 13.3. The number of rotatable bonds is 4. The number of hydrogen-bond acceptors (Lipinski definition) is 5. The van der Waals surface area contributed by atoms with Gasteiger partial charge in [-0.05, 0) is 30.5 Å². The van der Waals surface area contributed by atoms with E-state index in [9.17, 15) is 0 Å². The molecule has 132 valence electrons. The first-order valence-corrected chi connectivity index (χ1v) is 10.1. The van der Waals surface area contributed by atoms with Crippen LogP contribution in [0.1, 0.15) is 43.4 Å². The zero-order chi connectivity index (χ0) is 17.3. The van der Waals surface area contributed by atoms with Crippen molar-refractivity contribution < 1.29 is 0 Å². The Labute approximate surface area is 156 Å². The number of hydrogen-bond donors (Lipinski definition) is 1. The lowest BCUT2D eigenvalue weighted by Crippen LogP contribution is -2.21. The van der Waals surface area contributed by atoms with Crippen molar-refractivity contribution in [2.45, 2.75) is 44.6 Å². The van der Waals surface area contributed by atoms with Gasteiger partial charge in [0.15, 0.2) is 10.8 Å². The highest BCUT2D eigenvalue weighted by Gasteiger charge is 2.15. The van der Waals surface area contributed by atoms with Gasteiger partial charge in [0.1, 0.15) is 0 Å². The van der Waals surface area contributed by atoms with Crippen LogP contribution in [0.3, 0.4) is 0 Å². The second-order valence-corrected chi connectivity index (χ2v) is 8.06. The average molecular weight is 363 g/mol. The first kappa shape index (κ1) is 15.8. The molecule has 0 spiro atoms. The van der Waals surface area contributed by atoms with E-state index < -0.39 is 0 Å². The quantitative estimate of drug-likeness (QED) is 0.572. The van der Waals surface area contributed by atoms with E-state index in [1.54, 1.807) is 23.7 Å². The number of imidazole rings is 1. The third-order valence-corrected chi connectivity index (χ3v) is 6.11. The van der Waals surface area contributed by atoms with Gasteiger partial charge in [0, 0.05) is 36.7 Å². The number of benzene rings is 1. The first-order valence-electron chi connectivity index (χ1n) is 9.27. The largest absolute Gasteiger partial charge is 0.359 e. The van der Waals surface area contributed by atoms with Crippen molar-refractivity contribution in [3.63, 3.8) is 0 Å². The molecule has 0 amide bonds. The summed E-state index contributed by atoms with van der Waals surface area (Å²) in [5.41, 5.74) is 4.43. The normalized spacial score (nSPS) is 15.7. The number of aromatic nitrogens is 4. The molecular weight excluding hydrogens is 342 g/mol. The molecule has 26 heavy (non-hydrogen) atoms. The molecule has 6 heteroatoms. The predicted octanol–water partition coefficient (Wildman–Crippen LogP) is 4.67. The molecule has 1 fully saturated rings. The van der Waals surface area contributed by atoms with Crippen LogP contribution in [0.4, 0.5) is 5.13 Å². The third kappa shape index (κ3) is 3.05. The summed E-state index contributed by atoms with van der Waals surface area (Å²) in [5, 5.41) is 4.71. The molecule has 1 aliphatic rings. The lowest BCUT2D eigenvalue weighted by atomic mass is 9.96. The summed E-state index contributed by atoms with van der Waals surface area (Å²) in [6, 6.07) is 7.17. The van der Waals surface area contributed by atoms with Gasteiger partial charge in [0.05, 0.1) is 16.4 Å². The molecule has 1 aliphatic carbocycles. The highest BCUT2D eigenvalue weighted by atomic mass is 32.1. The molecule has 3 heterocycles.